The highest BCUT2D eigenvalue weighted by molar-refractivity contribution is 9.10. The van der Waals surface area contributed by atoms with Crippen molar-refractivity contribution >= 4 is 15.9 Å². The number of aliphatic hydroxyl groups is 1. The van der Waals surface area contributed by atoms with Crippen molar-refractivity contribution < 1.29 is 5.11 Å². The van der Waals surface area contributed by atoms with Crippen LogP contribution in [0.15, 0.2) is 4.47 Å². The van der Waals surface area contributed by atoms with Crippen molar-refractivity contribution in [3.8, 4) is 0 Å². The molecule has 0 radical (unpaired) electrons. The third-order valence-electron chi connectivity index (χ3n) is 2.11. The average Bonchev–Trinajstić information content (AvgIpc) is 2.41. The molecule has 0 aliphatic rings. The Morgan fingerprint density at radius 1 is 1.50 bits per heavy atom. The molecule has 0 atom stereocenters. The zero-order chi connectivity index (χ0) is 10.7. The Labute approximate surface area is 92.6 Å². The van der Waals surface area contributed by atoms with Crippen molar-refractivity contribution in [2.45, 2.75) is 20.1 Å². The van der Waals surface area contributed by atoms with Crippen LogP contribution in [0.2, 0.25) is 0 Å². The van der Waals surface area contributed by atoms with Gasteiger partial charge in [0.25, 0.3) is 0 Å². The summed E-state index contributed by atoms with van der Waals surface area (Å²) in [5.41, 5.74) is 1.78. The molecule has 1 rings (SSSR count). The number of likely N-dealkylation sites (N-methyl/N-ethyl adjacent to an activating group) is 1. The standard InChI is InChI=1S/C9H16BrN3O/c1-7-9(10)8(6-14)11-13(7)5-4-12(2)3/h14H,4-6H2,1-3H3. The SMILES string of the molecule is Cc1c(Br)c(CO)nn1CCN(C)C. The van der Waals surface area contributed by atoms with E-state index in [1.807, 2.05) is 25.7 Å². The fraction of sp³-hybridized carbons (Fsp3) is 0.667. The summed E-state index contributed by atoms with van der Waals surface area (Å²) in [4.78, 5) is 2.10. The van der Waals surface area contributed by atoms with Crippen LogP contribution < -0.4 is 0 Å². The predicted molar refractivity (Wildman–Crippen MR) is 59.1 cm³/mol. The molecular formula is C9H16BrN3O. The molecule has 0 aliphatic carbocycles. The van der Waals surface area contributed by atoms with Crippen molar-refractivity contribution in [2.24, 2.45) is 0 Å². The molecule has 1 heterocycles. The van der Waals surface area contributed by atoms with Crippen molar-refractivity contribution in [3.05, 3.63) is 15.9 Å². The Morgan fingerprint density at radius 3 is 2.57 bits per heavy atom. The summed E-state index contributed by atoms with van der Waals surface area (Å²) in [6.45, 7) is 3.76. The molecule has 0 saturated heterocycles. The van der Waals surface area contributed by atoms with Gasteiger partial charge in [0, 0.05) is 12.2 Å². The second kappa shape index (κ2) is 4.91. The van der Waals surface area contributed by atoms with Gasteiger partial charge in [0.1, 0.15) is 5.69 Å². The molecule has 1 aromatic rings. The molecule has 80 valence electrons. The zero-order valence-electron chi connectivity index (χ0n) is 8.79. The lowest BCUT2D eigenvalue weighted by atomic mass is 10.4. The lowest BCUT2D eigenvalue weighted by Gasteiger charge is -2.10. The Bertz CT molecular complexity index is 309. The van der Waals surface area contributed by atoms with E-state index in [9.17, 15) is 0 Å². The maximum absolute atomic E-state index is 9.02. The molecule has 14 heavy (non-hydrogen) atoms. The van der Waals surface area contributed by atoms with Gasteiger partial charge in [-0.2, -0.15) is 5.10 Å². The first-order valence-electron chi connectivity index (χ1n) is 4.53. The highest BCUT2D eigenvalue weighted by Crippen LogP contribution is 2.20. The van der Waals surface area contributed by atoms with E-state index in [4.69, 9.17) is 5.11 Å². The molecular weight excluding hydrogens is 246 g/mol. The van der Waals surface area contributed by atoms with Gasteiger partial charge in [0.2, 0.25) is 0 Å². The summed E-state index contributed by atoms with van der Waals surface area (Å²) in [5.74, 6) is 0. The summed E-state index contributed by atoms with van der Waals surface area (Å²) in [5, 5.41) is 13.3. The van der Waals surface area contributed by atoms with Crippen LogP contribution in [0.3, 0.4) is 0 Å². The lowest BCUT2D eigenvalue weighted by Crippen LogP contribution is -2.19. The molecule has 1 N–H and O–H groups in total. The van der Waals surface area contributed by atoms with Crippen molar-refractivity contribution in [1.82, 2.24) is 14.7 Å². The first-order valence-corrected chi connectivity index (χ1v) is 5.33. The fourth-order valence-corrected chi connectivity index (χ4v) is 1.61. The fourth-order valence-electron chi connectivity index (χ4n) is 1.20. The van der Waals surface area contributed by atoms with Crippen LogP contribution in [0.25, 0.3) is 0 Å². The van der Waals surface area contributed by atoms with E-state index in [1.54, 1.807) is 0 Å². The third kappa shape index (κ3) is 2.56. The maximum atomic E-state index is 9.02. The first-order chi connectivity index (χ1) is 6.56. The van der Waals surface area contributed by atoms with Crippen LogP contribution in [0, 0.1) is 6.92 Å². The maximum Gasteiger partial charge on any atom is 0.102 e. The highest BCUT2D eigenvalue weighted by Gasteiger charge is 2.10. The number of nitrogens with zero attached hydrogens (tertiary/aromatic N) is 3. The Morgan fingerprint density at radius 2 is 2.14 bits per heavy atom. The van der Waals surface area contributed by atoms with E-state index < -0.39 is 0 Å². The van der Waals surface area contributed by atoms with Gasteiger partial charge in [0.05, 0.1) is 17.6 Å². The first kappa shape index (κ1) is 11.7. The number of halogens is 1. The van der Waals surface area contributed by atoms with Gasteiger partial charge in [-0.1, -0.05) is 0 Å². The van der Waals surface area contributed by atoms with Gasteiger partial charge in [-0.3, -0.25) is 4.68 Å². The quantitative estimate of drug-likeness (QED) is 0.880. The number of rotatable bonds is 4. The van der Waals surface area contributed by atoms with E-state index in [2.05, 4.69) is 25.9 Å². The van der Waals surface area contributed by atoms with E-state index in [-0.39, 0.29) is 6.61 Å². The summed E-state index contributed by atoms with van der Waals surface area (Å²) in [6.07, 6.45) is 0. The molecule has 0 saturated carbocycles. The molecule has 0 bridgehead atoms. The minimum Gasteiger partial charge on any atom is -0.390 e. The summed E-state index contributed by atoms with van der Waals surface area (Å²) in [7, 11) is 4.06. The molecule has 0 spiro atoms. The monoisotopic (exact) mass is 261 g/mol. The van der Waals surface area contributed by atoms with Crippen LogP contribution in [-0.2, 0) is 13.2 Å². The summed E-state index contributed by atoms with van der Waals surface area (Å²) < 4.78 is 2.83. The largest absolute Gasteiger partial charge is 0.390 e. The molecule has 5 heteroatoms. The molecule has 1 aromatic heterocycles. The lowest BCUT2D eigenvalue weighted by molar-refractivity contribution is 0.273. The molecule has 0 aromatic carbocycles. The predicted octanol–water partition coefficient (Wildman–Crippen LogP) is 1.01. The van der Waals surface area contributed by atoms with Crippen molar-refractivity contribution in [3.63, 3.8) is 0 Å². The van der Waals surface area contributed by atoms with Gasteiger partial charge in [-0.05, 0) is 36.9 Å². The topological polar surface area (TPSA) is 41.3 Å². The van der Waals surface area contributed by atoms with E-state index in [0.717, 1.165) is 23.3 Å². The Balaban J connectivity index is 2.77. The van der Waals surface area contributed by atoms with Crippen molar-refractivity contribution in [2.75, 3.05) is 20.6 Å². The minimum atomic E-state index is -0.0175. The summed E-state index contributed by atoms with van der Waals surface area (Å²) >= 11 is 3.41. The molecule has 0 fully saturated rings. The van der Waals surface area contributed by atoms with Crippen LogP contribution in [0.4, 0.5) is 0 Å². The summed E-state index contributed by atoms with van der Waals surface area (Å²) in [6, 6.07) is 0. The van der Waals surface area contributed by atoms with Gasteiger partial charge >= 0.3 is 0 Å². The molecule has 0 unspecified atom stereocenters. The van der Waals surface area contributed by atoms with Gasteiger partial charge < -0.3 is 10.0 Å². The highest BCUT2D eigenvalue weighted by atomic mass is 79.9. The average molecular weight is 262 g/mol. The minimum absolute atomic E-state index is 0.0175. The zero-order valence-corrected chi connectivity index (χ0v) is 10.4. The van der Waals surface area contributed by atoms with Crippen LogP contribution in [-0.4, -0.2) is 40.4 Å². The van der Waals surface area contributed by atoms with Crippen molar-refractivity contribution in [1.29, 1.82) is 0 Å². The second-order valence-electron chi connectivity index (χ2n) is 3.53. The van der Waals surface area contributed by atoms with Crippen LogP contribution >= 0.6 is 15.9 Å². The number of hydrogen-bond acceptors (Lipinski definition) is 3. The molecule has 0 amide bonds. The Kier molecular flexibility index (Phi) is 4.10. The van der Waals surface area contributed by atoms with Crippen LogP contribution in [0.5, 0.6) is 0 Å². The van der Waals surface area contributed by atoms with Gasteiger partial charge in [-0.15, -0.1) is 0 Å². The normalized spacial score (nSPS) is 11.3. The number of aromatic nitrogens is 2. The van der Waals surface area contributed by atoms with E-state index in [0.29, 0.717) is 5.69 Å². The number of hydrogen-bond donors (Lipinski definition) is 1. The molecule has 4 nitrogen and oxygen atoms in total. The van der Waals surface area contributed by atoms with Crippen LogP contribution in [0.1, 0.15) is 11.4 Å². The number of aliphatic hydroxyl groups excluding tert-OH is 1. The molecule has 0 aliphatic heterocycles. The van der Waals surface area contributed by atoms with Gasteiger partial charge in [0.15, 0.2) is 0 Å². The smallest absolute Gasteiger partial charge is 0.102 e. The second-order valence-corrected chi connectivity index (χ2v) is 4.32. The van der Waals surface area contributed by atoms with Gasteiger partial charge in [-0.25, -0.2) is 0 Å². The third-order valence-corrected chi connectivity index (χ3v) is 3.14. The van der Waals surface area contributed by atoms with E-state index >= 15 is 0 Å². The van der Waals surface area contributed by atoms with E-state index in [1.165, 1.54) is 0 Å². The Hall–Kier alpha value is -0.390.